The summed E-state index contributed by atoms with van der Waals surface area (Å²) in [6.07, 6.45) is 4.40. The number of carbonyl (C=O) groups is 1. The molecule has 1 aromatic carbocycles. The molecule has 0 radical (unpaired) electrons. The predicted octanol–water partition coefficient (Wildman–Crippen LogP) is 1.93. The Morgan fingerprint density at radius 2 is 1.86 bits per heavy atom. The van der Waals surface area contributed by atoms with E-state index in [1.807, 2.05) is 23.1 Å². The maximum Gasteiger partial charge on any atom is 0.222 e. The zero-order chi connectivity index (χ0) is 15.6. The minimum absolute atomic E-state index is 0.276. The minimum Gasteiger partial charge on any atom is -0.396 e. The number of hydrogen-bond donors (Lipinski definition) is 1. The Morgan fingerprint density at radius 3 is 2.64 bits per heavy atom. The third-order valence-electron chi connectivity index (χ3n) is 4.29. The van der Waals surface area contributed by atoms with Gasteiger partial charge in [0.1, 0.15) is 0 Å². The molecular weight excluding hydrogens is 276 g/mol. The fourth-order valence-electron chi connectivity index (χ4n) is 2.95. The molecule has 122 valence electrons. The lowest BCUT2D eigenvalue weighted by molar-refractivity contribution is -0.131. The van der Waals surface area contributed by atoms with Crippen LogP contribution in [0.3, 0.4) is 0 Å². The van der Waals surface area contributed by atoms with Crippen LogP contribution in [0.15, 0.2) is 30.3 Å². The Bertz CT molecular complexity index is 436. The smallest absolute Gasteiger partial charge is 0.222 e. The van der Waals surface area contributed by atoms with Crippen molar-refractivity contribution in [3.63, 3.8) is 0 Å². The minimum atomic E-state index is 0.276. The van der Waals surface area contributed by atoms with Crippen LogP contribution in [-0.2, 0) is 11.2 Å². The number of aliphatic hydroxyl groups is 1. The Morgan fingerprint density at radius 1 is 1.05 bits per heavy atom. The van der Waals surface area contributed by atoms with E-state index < -0.39 is 0 Å². The first-order chi connectivity index (χ1) is 10.8. The molecule has 0 atom stereocenters. The van der Waals surface area contributed by atoms with Crippen LogP contribution in [-0.4, -0.2) is 60.1 Å². The Labute approximate surface area is 133 Å². The second-order valence-corrected chi connectivity index (χ2v) is 5.99. The summed E-state index contributed by atoms with van der Waals surface area (Å²) in [6, 6.07) is 10.2. The van der Waals surface area contributed by atoms with Gasteiger partial charge in [0.2, 0.25) is 5.91 Å². The molecule has 4 nitrogen and oxygen atoms in total. The normalized spacial score (nSPS) is 16.5. The fourth-order valence-corrected chi connectivity index (χ4v) is 2.95. The second kappa shape index (κ2) is 9.59. The van der Waals surface area contributed by atoms with Gasteiger partial charge >= 0.3 is 0 Å². The van der Waals surface area contributed by atoms with Crippen molar-refractivity contribution in [2.45, 2.75) is 32.1 Å². The standard InChI is InChI=1S/C18H28N2O2/c21-16-5-4-11-19-12-6-13-20(15-14-19)18(22)10-9-17-7-2-1-3-8-17/h1-3,7-8,21H,4-6,9-16H2. The van der Waals surface area contributed by atoms with Crippen molar-refractivity contribution in [2.75, 3.05) is 39.3 Å². The Kier molecular flexibility index (Phi) is 7.40. The summed E-state index contributed by atoms with van der Waals surface area (Å²) < 4.78 is 0. The second-order valence-electron chi connectivity index (χ2n) is 5.99. The summed E-state index contributed by atoms with van der Waals surface area (Å²) in [5.41, 5.74) is 1.23. The molecule has 4 heteroatoms. The van der Waals surface area contributed by atoms with E-state index in [0.717, 1.165) is 58.4 Å². The van der Waals surface area contributed by atoms with Gasteiger partial charge in [-0.2, -0.15) is 0 Å². The van der Waals surface area contributed by atoms with Crippen molar-refractivity contribution in [2.24, 2.45) is 0 Å². The van der Waals surface area contributed by atoms with Crippen LogP contribution in [0.25, 0.3) is 0 Å². The molecule has 1 aliphatic rings. The average Bonchev–Trinajstić information content (AvgIpc) is 2.80. The molecule has 1 fully saturated rings. The topological polar surface area (TPSA) is 43.8 Å². The summed E-state index contributed by atoms with van der Waals surface area (Å²) in [5, 5.41) is 8.85. The number of nitrogens with zero attached hydrogens (tertiary/aromatic N) is 2. The summed E-state index contributed by atoms with van der Waals surface area (Å²) in [6.45, 7) is 5.05. The molecule has 22 heavy (non-hydrogen) atoms. The van der Waals surface area contributed by atoms with Gasteiger partial charge in [0.25, 0.3) is 0 Å². The van der Waals surface area contributed by atoms with Crippen molar-refractivity contribution in [3.8, 4) is 0 Å². The first-order valence-electron chi connectivity index (χ1n) is 8.44. The van der Waals surface area contributed by atoms with Gasteiger partial charge in [-0.3, -0.25) is 4.79 Å². The Balaban J connectivity index is 1.72. The number of rotatable bonds is 7. The summed E-state index contributed by atoms with van der Waals surface area (Å²) in [7, 11) is 0. The summed E-state index contributed by atoms with van der Waals surface area (Å²) in [4.78, 5) is 16.8. The van der Waals surface area contributed by atoms with Gasteiger partial charge in [-0.1, -0.05) is 30.3 Å². The van der Waals surface area contributed by atoms with Gasteiger partial charge in [0, 0.05) is 32.7 Å². The van der Waals surface area contributed by atoms with Gasteiger partial charge < -0.3 is 14.9 Å². The fraction of sp³-hybridized carbons (Fsp3) is 0.611. The molecule has 1 N–H and O–H groups in total. The monoisotopic (exact) mass is 304 g/mol. The number of hydrogen-bond acceptors (Lipinski definition) is 3. The van der Waals surface area contributed by atoms with Crippen molar-refractivity contribution in [1.82, 2.24) is 9.80 Å². The molecule has 1 aliphatic heterocycles. The van der Waals surface area contributed by atoms with Crippen LogP contribution in [0.1, 0.15) is 31.2 Å². The Hall–Kier alpha value is -1.39. The van der Waals surface area contributed by atoms with Crippen LogP contribution < -0.4 is 0 Å². The molecule has 0 aliphatic carbocycles. The lowest BCUT2D eigenvalue weighted by atomic mass is 10.1. The van der Waals surface area contributed by atoms with Crippen molar-refractivity contribution >= 4 is 5.91 Å². The number of carbonyl (C=O) groups excluding carboxylic acids is 1. The molecule has 1 saturated heterocycles. The number of amides is 1. The van der Waals surface area contributed by atoms with Gasteiger partial charge in [-0.15, -0.1) is 0 Å². The molecular formula is C18H28N2O2. The molecule has 0 aromatic heterocycles. The lowest BCUT2D eigenvalue weighted by Gasteiger charge is -2.22. The molecule has 0 unspecified atom stereocenters. The molecule has 1 aromatic rings. The average molecular weight is 304 g/mol. The molecule has 0 bridgehead atoms. The van der Waals surface area contributed by atoms with Gasteiger partial charge in [0.15, 0.2) is 0 Å². The maximum absolute atomic E-state index is 12.4. The molecule has 2 rings (SSSR count). The van der Waals surface area contributed by atoms with Crippen LogP contribution in [0.2, 0.25) is 0 Å². The molecule has 1 amide bonds. The van der Waals surface area contributed by atoms with Gasteiger partial charge in [-0.05, 0) is 44.3 Å². The summed E-state index contributed by atoms with van der Waals surface area (Å²) >= 11 is 0. The van der Waals surface area contributed by atoms with E-state index in [4.69, 9.17) is 5.11 Å². The number of unbranched alkanes of at least 4 members (excludes halogenated alkanes) is 1. The maximum atomic E-state index is 12.4. The number of aliphatic hydroxyl groups excluding tert-OH is 1. The van der Waals surface area contributed by atoms with Crippen molar-refractivity contribution < 1.29 is 9.90 Å². The predicted molar refractivity (Wildman–Crippen MR) is 88.7 cm³/mol. The molecule has 0 spiro atoms. The van der Waals surface area contributed by atoms with E-state index in [-0.39, 0.29) is 12.5 Å². The zero-order valence-corrected chi connectivity index (χ0v) is 13.4. The highest BCUT2D eigenvalue weighted by molar-refractivity contribution is 5.76. The highest BCUT2D eigenvalue weighted by Gasteiger charge is 2.18. The number of aryl methyl sites for hydroxylation is 1. The van der Waals surface area contributed by atoms with E-state index in [9.17, 15) is 4.79 Å². The van der Waals surface area contributed by atoms with Crippen LogP contribution in [0, 0.1) is 0 Å². The largest absolute Gasteiger partial charge is 0.396 e. The summed E-state index contributed by atoms with van der Waals surface area (Å²) in [5.74, 6) is 0.279. The number of benzene rings is 1. The van der Waals surface area contributed by atoms with Crippen LogP contribution in [0.5, 0.6) is 0 Å². The van der Waals surface area contributed by atoms with Crippen LogP contribution >= 0.6 is 0 Å². The van der Waals surface area contributed by atoms with Gasteiger partial charge in [-0.25, -0.2) is 0 Å². The van der Waals surface area contributed by atoms with E-state index in [0.29, 0.717) is 6.42 Å². The van der Waals surface area contributed by atoms with E-state index in [1.54, 1.807) is 0 Å². The SMILES string of the molecule is O=C(CCc1ccccc1)N1CCCN(CCCCO)CC1. The van der Waals surface area contributed by atoms with E-state index in [1.165, 1.54) is 5.56 Å². The van der Waals surface area contributed by atoms with Crippen molar-refractivity contribution in [1.29, 1.82) is 0 Å². The highest BCUT2D eigenvalue weighted by Crippen LogP contribution is 2.09. The van der Waals surface area contributed by atoms with Crippen molar-refractivity contribution in [3.05, 3.63) is 35.9 Å². The zero-order valence-electron chi connectivity index (χ0n) is 13.4. The first kappa shape index (κ1) is 17.0. The lowest BCUT2D eigenvalue weighted by Crippen LogP contribution is -2.35. The van der Waals surface area contributed by atoms with Gasteiger partial charge in [0.05, 0.1) is 0 Å². The molecule has 0 saturated carbocycles. The van der Waals surface area contributed by atoms with Crippen LogP contribution in [0.4, 0.5) is 0 Å². The third-order valence-corrected chi connectivity index (χ3v) is 4.29. The molecule has 1 heterocycles. The highest BCUT2D eigenvalue weighted by atomic mass is 16.2. The van der Waals surface area contributed by atoms with E-state index >= 15 is 0 Å². The third kappa shape index (κ3) is 5.78. The first-order valence-corrected chi connectivity index (χ1v) is 8.44. The quantitative estimate of drug-likeness (QED) is 0.783. The van der Waals surface area contributed by atoms with E-state index in [2.05, 4.69) is 17.0 Å².